The zero-order valence-corrected chi connectivity index (χ0v) is 24.3. The van der Waals surface area contributed by atoms with Crippen LogP contribution in [-0.4, -0.2) is 49.1 Å². The minimum Gasteiger partial charge on any atom is -0.381 e. The van der Waals surface area contributed by atoms with Gasteiger partial charge in [-0.2, -0.15) is 5.10 Å². The number of carbonyl (C=O) groups is 1. The number of ether oxygens (including phenoxy) is 2. The zero-order valence-electron chi connectivity index (χ0n) is 24.3. The lowest BCUT2D eigenvalue weighted by atomic mass is 9.73. The Bertz CT molecular complexity index is 1500. The lowest BCUT2D eigenvalue weighted by Crippen LogP contribution is -2.44. The van der Waals surface area contributed by atoms with Crippen LogP contribution >= 0.6 is 0 Å². The summed E-state index contributed by atoms with van der Waals surface area (Å²) in [6.07, 6.45) is 8.16. The third-order valence-corrected chi connectivity index (χ3v) is 10.2. The molecule has 3 aliphatic heterocycles. The number of nitrogens with zero attached hydrogens (tertiary/aromatic N) is 1. The van der Waals surface area contributed by atoms with Crippen LogP contribution in [0.15, 0.2) is 72.8 Å². The quantitative estimate of drug-likeness (QED) is 0.250. The van der Waals surface area contributed by atoms with Crippen molar-refractivity contribution in [2.24, 2.45) is 17.8 Å². The first kappa shape index (κ1) is 27.4. The average Bonchev–Trinajstić information content (AvgIpc) is 3.20. The van der Waals surface area contributed by atoms with E-state index in [1.807, 2.05) is 24.3 Å². The molecule has 6 heteroatoms. The Hall–Kier alpha value is -3.48. The van der Waals surface area contributed by atoms with Crippen LogP contribution < -0.4 is 5.32 Å². The molecule has 3 atom stereocenters. The van der Waals surface area contributed by atoms with Gasteiger partial charge in [0.25, 0.3) is 5.91 Å². The molecule has 218 valence electrons. The fourth-order valence-electron chi connectivity index (χ4n) is 7.56. The minimum atomic E-state index is -0.106. The number of hydrogen-bond acceptors (Lipinski definition) is 4. The van der Waals surface area contributed by atoms with Crippen LogP contribution in [0.3, 0.4) is 0 Å². The molecule has 1 amide bonds. The Kier molecular flexibility index (Phi) is 7.83. The molecule has 0 radical (unpaired) electrons. The molecule has 1 aliphatic carbocycles. The van der Waals surface area contributed by atoms with Gasteiger partial charge < -0.3 is 14.8 Å². The second-order valence-electron chi connectivity index (χ2n) is 12.7. The first-order chi connectivity index (χ1) is 20.7. The summed E-state index contributed by atoms with van der Waals surface area (Å²) < 4.78 is 11.6. The van der Waals surface area contributed by atoms with Crippen molar-refractivity contribution >= 4 is 16.8 Å². The van der Waals surface area contributed by atoms with Crippen LogP contribution in [0.25, 0.3) is 22.2 Å². The van der Waals surface area contributed by atoms with Gasteiger partial charge in [-0.05, 0) is 92.0 Å². The molecule has 1 aromatic heterocycles. The molecule has 8 rings (SSSR count). The van der Waals surface area contributed by atoms with Crippen LogP contribution in [0.1, 0.15) is 60.0 Å². The normalized spacial score (nSPS) is 23.5. The molecule has 4 heterocycles. The van der Waals surface area contributed by atoms with E-state index < -0.39 is 0 Å². The molecular formula is C36H41N3O3. The van der Waals surface area contributed by atoms with Crippen molar-refractivity contribution in [1.29, 1.82) is 0 Å². The van der Waals surface area contributed by atoms with Gasteiger partial charge in [-0.3, -0.25) is 9.89 Å². The zero-order chi connectivity index (χ0) is 28.4. The number of fused-ring (bicyclic) bond motifs is 5. The highest BCUT2D eigenvalue weighted by Gasteiger charge is 2.35. The molecule has 4 aromatic rings. The second-order valence-corrected chi connectivity index (χ2v) is 12.7. The molecule has 1 saturated carbocycles. The van der Waals surface area contributed by atoms with E-state index in [0.29, 0.717) is 25.3 Å². The summed E-state index contributed by atoms with van der Waals surface area (Å²) in [6.45, 7) is 3.93. The number of H-pyrrole nitrogens is 1. The fourth-order valence-corrected chi connectivity index (χ4v) is 7.56. The predicted molar refractivity (Wildman–Crippen MR) is 165 cm³/mol. The third kappa shape index (κ3) is 5.62. The molecule has 0 spiro atoms. The summed E-state index contributed by atoms with van der Waals surface area (Å²) in [6, 6.07) is 25.2. The highest BCUT2D eigenvalue weighted by Crippen LogP contribution is 2.40. The first-order valence-electron chi connectivity index (χ1n) is 15.7. The van der Waals surface area contributed by atoms with Gasteiger partial charge in [-0.1, -0.05) is 54.6 Å². The molecule has 2 N–H and O–H groups in total. The number of aryl methyl sites for hydroxylation is 1. The minimum absolute atomic E-state index is 0.0567. The van der Waals surface area contributed by atoms with Crippen LogP contribution in [0, 0.1) is 17.8 Å². The maximum absolute atomic E-state index is 13.4. The van der Waals surface area contributed by atoms with Crippen molar-refractivity contribution < 1.29 is 14.3 Å². The molecular weight excluding hydrogens is 522 g/mol. The fraction of sp³-hybridized carbons (Fsp3) is 0.444. The number of hydrogen-bond donors (Lipinski definition) is 2. The number of rotatable bonds is 8. The summed E-state index contributed by atoms with van der Waals surface area (Å²) in [5.41, 5.74) is 6.07. The Morgan fingerprint density at radius 1 is 0.952 bits per heavy atom. The topological polar surface area (TPSA) is 76.2 Å². The van der Waals surface area contributed by atoms with Gasteiger partial charge in [-0.25, -0.2) is 0 Å². The van der Waals surface area contributed by atoms with Crippen LogP contribution in [0.4, 0.5) is 0 Å². The lowest BCUT2D eigenvalue weighted by Gasteiger charge is -2.38. The van der Waals surface area contributed by atoms with Crippen molar-refractivity contribution in [2.45, 2.75) is 50.4 Å². The van der Waals surface area contributed by atoms with Gasteiger partial charge >= 0.3 is 0 Å². The standard InChI is InChI=1S/C36H41N3O3/c40-35(37-24-36(16-18-41-19-17-36)31-4-2-1-3-5-31)29-14-15-33-32(21-29)34(39-38-33)27-10-6-25(7-11-27)8-12-28-20-26-9-13-30(28)23-42-22-26/h1-7,10-11,14-15,21,26,28,30H,8-9,12-13,16-20,22-24H2,(H,37,40)(H,38,39). The van der Waals surface area contributed by atoms with Crippen molar-refractivity contribution in [3.8, 4) is 11.3 Å². The second kappa shape index (κ2) is 12.0. The summed E-state index contributed by atoms with van der Waals surface area (Å²) in [7, 11) is 0. The lowest BCUT2D eigenvalue weighted by molar-refractivity contribution is 0.0487. The van der Waals surface area contributed by atoms with Crippen molar-refractivity contribution in [3.05, 3.63) is 89.5 Å². The largest absolute Gasteiger partial charge is 0.381 e. The number of aromatic amines is 1. The first-order valence-corrected chi connectivity index (χ1v) is 15.7. The monoisotopic (exact) mass is 563 g/mol. The maximum atomic E-state index is 13.4. The van der Waals surface area contributed by atoms with Gasteiger partial charge in [0, 0.05) is 54.9 Å². The van der Waals surface area contributed by atoms with Crippen molar-refractivity contribution in [2.75, 3.05) is 33.0 Å². The van der Waals surface area contributed by atoms with E-state index in [2.05, 4.69) is 64.0 Å². The van der Waals surface area contributed by atoms with E-state index >= 15 is 0 Å². The molecule has 3 aromatic carbocycles. The number of carbonyl (C=O) groups excluding carboxylic acids is 1. The van der Waals surface area contributed by atoms with E-state index in [9.17, 15) is 4.79 Å². The Morgan fingerprint density at radius 3 is 2.62 bits per heavy atom. The Balaban J connectivity index is 1.04. The summed E-state index contributed by atoms with van der Waals surface area (Å²) in [5, 5.41) is 12.0. The summed E-state index contributed by atoms with van der Waals surface area (Å²) >= 11 is 0. The number of aromatic nitrogens is 2. The molecule has 6 nitrogen and oxygen atoms in total. The maximum Gasteiger partial charge on any atom is 0.251 e. The van der Waals surface area contributed by atoms with E-state index in [1.165, 1.54) is 36.8 Å². The molecule has 42 heavy (non-hydrogen) atoms. The molecule has 3 saturated heterocycles. The molecule has 3 unspecified atom stereocenters. The number of nitrogens with one attached hydrogen (secondary N) is 2. The summed E-state index contributed by atoms with van der Waals surface area (Å²) in [5.74, 6) is 2.24. The van der Waals surface area contributed by atoms with Gasteiger partial charge in [-0.15, -0.1) is 0 Å². The molecule has 4 fully saturated rings. The van der Waals surface area contributed by atoms with Crippen LogP contribution in [0.2, 0.25) is 0 Å². The number of benzene rings is 3. The molecule has 2 bridgehead atoms. The molecule has 4 aliphatic rings. The van der Waals surface area contributed by atoms with Gasteiger partial charge in [0.15, 0.2) is 0 Å². The van der Waals surface area contributed by atoms with E-state index in [0.717, 1.165) is 72.4 Å². The van der Waals surface area contributed by atoms with E-state index in [4.69, 9.17) is 9.47 Å². The van der Waals surface area contributed by atoms with Crippen LogP contribution in [0.5, 0.6) is 0 Å². The van der Waals surface area contributed by atoms with Crippen LogP contribution in [-0.2, 0) is 21.3 Å². The van der Waals surface area contributed by atoms with E-state index in [-0.39, 0.29) is 11.3 Å². The third-order valence-electron chi connectivity index (χ3n) is 10.2. The Morgan fingerprint density at radius 2 is 1.79 bits per heavy atom. The SMILES string of the molecule is O=C(NCC1(c2ccccc2)CCOCC1)c1ccc2[nH]nc(-c3ccc(CCC4CC5CCC4COC5)cc3)c2c1. The van der Waals surface area contributed by atoms with Gasteiger partial charge in [0.2, 0.25) is 0 Å². The highest BCUT2D eigenvalue weighted by molar-refractivity contribution is 6.01. The van der Waals surface area contributed by atoms with Gasteiger partial charge in [0.05, 0.1) is 11.2 Å². The average molecular weight is 564 g/mol. The van der Waals surface area contributed by atoms with E-state index in [1.54, 1.807) is 0 Å². The van der Waals surface area contributed by atoms with Crippen molar-refractivity contribution in [1.82, 2.24) is 15.5 Å². The Labute approximate surface area is 248 Å². The smallest absolute Gasteiger partial charge is 0.251 e. The number of amides is 1. The van der Waals surface area contributed by atoms with Crippen molar-refractivity contribution in [3.63, 3.8) is 0 Å². The summed E-state index contributed by atoms with van der Waals surface area (Å²) in [4.78, 5) is 13.4. The predicted octanol–water partition coefficient (Wildman–Crippen LogP) is 6.70. The van der Waals surface area contributed by atoms with Gasteiger partial charge in [0.1, 0.15) is 0 Å². The highest BCUT2D eigenvalue weighted by atomic mass is 16.5.